The Balaban J connectivity index is 2.77. The van der Waals surface area contributed by atoms with Gasteiger partial charge in [0.25, 0.3) is 0 Å². The molecule has 1 unspecified atom stereocenters. The number of amides is 1. The maximum atomic E-state index is 11.9. The molecule has 0 aliphatic carbocycles. The third kappa shape index (κ3) is 3.53. The number of benzene rings is 1. The van der Waals surface area contributed by atoms with E-state index in [1.165, 1.54) is 0 Å². The lowest BCUT2D eigenvalue weighted by molar-refractivity contribution is -0.130. The molecule has 1 atom stereocenters. The molecule has 1 rings (SSSR count). The second-order valence-electron chi connectivity index (χ2n) is 3.95. The van der Waals surface area contributed by atoms with E-state index in [-0.39, 0.29) is 11.9 Å². The molecule has 0 saturated heterocycles. The topological polar surface area (TPSA) is 58.4 Å². The fraction of sp³-hybridized carbons (Fsp3) is 0.417. The molecule has 4 nitrogen and oxygen atoms in total. The van der Waals surface area contributed by atoms with E-state index in [1.54, 1.807) is 37.1 Å². The number of hydrogen-bond donors (Lipinski definition) is 2. The van der Waals surface area contributed by atoms with Crippen molar-refractivity contribution in [1.29, 1.82) is 0 Å². The summed E-state index contributed by atoms with van der Waals surface area (Å²) in [6.45, 7) is 4.41. The predicted molar refractivity (Wildman–Crippen MR) is 72.3 cm³/mol. The molecule has 0 bridgehead atoms. The summed E-state index contributed by atoms with van der Waals surface area (Å²) in [5.74, 6) is 0.0203. The number of carbonyl (C=O) groups excluding carboxylic acids is 1. The molecular formula is C12H18ClN3O. The van der Waals surface area contributed by atoms with Crippen molar-refractivity contribution in [3.8, 4) is 0 Å². The zero-order valence-corrected chi connectivity index (χ0v) is 11.1. The Morgan fingerprint density at radius 3 is 2.82 bits per heavy atom. The standard InChI is InChI=1S/C12H18ClN3O/c1-4-16(3)12(17)8(2)15-11-7-9(13)5-6-10(11)14/h5-8,15H,4,14H2,1-3H3. The zero-order valence-electron chi connectivity index (χ0n) is 10.3. The number of nitrogens with two attached hydrogens (primary N) is 1. The maximum Gasteiger partial charge on any atom is 0.244 e. The number of nitrogens with one attached hydrogen (secondary N) is 1. The molecule has 0 spiro atoms. The summed E-state index contributed by atoms with van der Waals surface area (Å²) in [5, 5.41) is 3.65. The van der Waals surface area contributed by atoms with E-state index < -0.39 is 0 Å². The van der Waals surface area contributed by atoms with Gasteiger partial charge in [0, 0.05) is 18.6 Å². The number of carbonyl (C=O) groups is 1. The fourth-order valence-corrected chi connectivity index (χ4v) is 1.61. The Kier molecular flexibility index (Phi) is 4.63. The van der Waals surface area contributed by atoms with Crippen LogP contribution < -0.4 is 11.1 Å². The van der Waals surface area contributed by atoms with Gasteiger partial charge in [0.1, 0.15) is 6.04 Å². The minimum absolute atomic E-state index is 0.0203. The molecule has 0 saturated carbocycles. The van der Waals surface area contributed by atoms with Gasteiger partial charge in [-0.25, -0.2) is 0 Å². The van der Waals surface area contributed by atoms with Crippen molar-refractivity contribution in [2.24, 2.45) is 0 Å². The first-order chi connectivity index (χ1) is 7.95. The zero-order chi connectivity index (χ0) is 13.0. The molecule has 0 heterocycles. The SMILES string of the molecule is CCN(C)C(=O)C(C)Nc1cc(Cl)ccc1N. The molecule has 0 aliphatic rings. The number of nitrogen functional groups attached to an aromatic ring is 1. The molecule has 0 radical (unpaired) electrons. The van der Waals surface area contributed by atoms with Crippen LogP contribution in [0.5, 0.6) is 0 Å². The van der Waals surface area contributed by atoms with E-state index in [1.807, 2.05) is 6.92 Å². The third-order valence-electron chi connectivity index (χ3n) is 2.61. The van der Waals surface area contributed by atoms with E-state index >= 15 is 0 Å². The summed E-state index contributed by atoms with van der Waals surface area (Å²) in [7, 11) is 1.77. The average Bonchev–Trinajstić information content (AvgIpc) is 2.31. The van der Waals surface area contributed by atoms with E-state index in [2.05, 4.69) is 5.32 Å². The highest BCUT2D eigenvalue weighted by Gasteiger charge is 2.16. The van der Waals surface area contributed by atoms with Crippen LogP contribution in [0, 0.1) is 0 Å². The lowest BCUT2D eigenvalue weighted by Crippen LogP contribution is -2.38. The van der Waals surface area contributed by atoms with E-state index in [4.69, 9.17) is 17.3 Å². The Bertz CT molecular complexity index is 409. The number of rotatable bonds is 4. The predicted octanol–water partition coefficient (Wildman–Crippen LogP) is 2.20. The first-order valence-corrected chi connectivity index (χ1v) is 5.90. The minimum Gasteiger partial charge on any atom is -0.397 e. The van der Waals surface area contributed by atoms with E-state index in [0.29, 0.717) is 22.9 Å². The van der Waals surface area contributed by atoms with E-state index in [0.717, 1.165) is 0 Å². The van der Waals surface area contributed by atoms with Gasteiger partial charge in [0.2, 0.25) is 5.91 Å². The van der Waals surface area contributed by atoms with Gasteiger partial charge < -0.3 is 16.0 Å². The molecule has 0 aromatic heterocycles. The molecule has 1 aromatic carbocycles. The van der Waals surface area contributed by atoms with Crippen molar-refractivity contribution in [2.75, 3.05) is 24.6 Å². The van der Waals surface area contributed by atoms with Crippen molar-refractivity contribution >= 4 is 28.9 Å². The summed E-state index contributed by atoms with van der Waals surface area (Å²) >= 11 is 5.88. The van der Waals surface area contributed by atoms with Gasteiger partial charge >= 0.3 is 0 Å². The van der Waals surface area contributed by atoms with Crippen LogP contribution >= 0.6 is 11.6 Å². The van der Waals surface area contributed by atoms with Crippen LogP contribution in [0.3, 0.4) is 0 Å². The Morgan fingerprint density at radius 1 is 1.59 bits per heavy atom. The van der Waals surface area contributed by atoms with Gasteiger partial charge in [-0.1, -0.05) is 11.6 Å². The summed E-state index contributed by atoms with van der Waals surface area (Å²) < 4.78 is 0. The number of halogens is 1. The van der Waals surface area contributed by atoms with Gasteiger partial charge in [0.15, 0.2) is 0 Å². The van der Waals surface area contributed by atoms with Gasteiger partial charge in [-0.05, 0) is 32.0 Å². The number of nitrogens with zero attached hydrogens (tertiary/aromatic N) is 1. The normalized spacial score (nSPS) is 12.0. The Labute approximate surface area is 107 Å². The summed E-state index contributed by atoms with van der Waals surface area (Å²) in [4.78, 5) is 13.5. The van der Waals surface area contributed by atoms with Crippen molar-refractivity contribution < 1.29 is 4.79 Å². The second-order valence-corrected chi connectivity index (χ2v) is 4.39. The maximum absolute atomic E-state index is 11.9. The molecule has 1 amide bonds. The summed E-state index contributed by atoms with van der Waals surface area (Å²) in [6.07, 6.45) is 0. The molecule has 94 valence electrons. The van der Waals surface area contributed by atoms with Crippen molar-refractivity contribution in [3.63, 3.8) is 0 Å². The molecule has 17 heavy (non-hydrogen) atoms. The number of likely N-dealkylation sites (N-methyl/N-ethyl adjacent to an activating group) is 1. The van der Waals surface area contributed by atoms with Crippen molar-refractivity contribution in [1.82, 2.24) is 4.90 Å². The molecular weight excluding hydrogens is 238 g/mol. The van der Waals surface area contributed by atoms with Crippen LogP contribution in [0.25, 0.3) is 0 Å². The lowest BCUT2D eigenvalue weighted by Gasteiger charge is -2.22. The van der Waals surface area contributed by atoms with Crippen LogP contribution in [0.1, 0.15) is 13.8 Å². The first-order valence-electron chi connectivity index (χ1n) is 5.52. The fourth-order valence-electron chi connectivity index (χ4n) is 1.43. The second kappa shape index (κ2) is 5.77. The van der Waals surface area contributed by atoms with Crippen LogP contribution in [0.2, 0.25) is 5.02 Å². The minimum atomic E-state index is -0.333. The Hall–Kier alpha value is -1.42. The molecule has 5 heteroatoms. The van der Waals surface area contributed by atoms with Gasteiger partial charge in [-0.3, -0.25) is 4.79 Å². The highest BCUT2D eigenvalue weighted by atomic mass is 35.5. The first kappa shape index (κ1) is 13.6. The van der Waals surface area contributed by atoms with Gasteiger partial charge in [-0.15, -0.1) is 0 Å². The molecule has 0 fully saturated rings. The van der Waals surface area contributed by atoms with Crippen molar-refractivity contribution in [3.05, 3.63) is 23.2 Å². The third-order valence-corrected chi connectivity index (χ3v) is 2.84. The monoisotopic (exact) mass is 255 g/mol. The quantitative estimate of drug-likeness (QED) is 0.811. The van der Waals surface area contributed by atoms with Crippen LogP contribution in [-0.2, 0) is 4.79 Å². The van der Waals surface area contributed by atoms with Crippen molar-refractivity contribution in [2.45, 2.75) is 19.9 Å². The van der Waals surface area contributed by atoms with Gasteiger partial charge in [-0.2, -0.15) is 0 Å². The highest BCUT2D eigenvalue weighted by molar-refractivity contribution is 6.31. The summed E-state index contributed by atoms with van der Waals surface area (Å²) in [6, 6.07) is 4.81. The van der Waals surface area contributed by atoms with Gasteiger partial charge in [0.05, 0.1) is 11.4 Å². The van der Waals surface area contributed by atoms with Crippen LogP contribution in [0.4, 0.5) is 11.4 Å². The van der Waals surface area contributed by atoms with Crippen LogP contribution in [0.15, 0.2) is 18.2 Å². The average molecular weight is 256 g/mol. The van der Waals surface area contributed by atoms with Crippen LogP contribution in [-0.4, -0.2) is 30.4 Å². The highest BCUT2D eigenvalue weighted by Crippen LogP contribution is 2.23. The smallest absolute Gasteiger partial charge is 0.244 e. The molecule has 1 aromatic rings. The molecule has 3 N–H and O–H groups in total. The lowest BCUT2D eigenvalue weighted by atomic mass is 10.2. The number of anilines is 2. The molecule has 0 aliphatic heterocycles. The summed E-state index contributed by atoms with van der Waals surface area (Å²) in [5.41, 5.74) is 7.06. The number of hydrogen-bond acceptors (Lipinski definition) is 3. The Morgan fingerprint density at radius 2 is 2.24 bits per heavy atom. The van der Waals surface area contributed by atoms with E-state index in [9.17, 15) is 4.79 Å². The largest absolute Gasteiger partial charge is 0.397 e.